The molecular formula is C8H15N5O2. The van der Waals surface area contributed by atoms with E-state index < -0.39 is 0 Å². The maximum atomic E-state index is 11.3. The number of carbonyl (C=O) groups is 1. The predicted octanol–water partition coefficient (Wildman–Crippen LogP) is -1.01. The largest absolute Gasteiger partial charge is 0.383 e. The standard InChI is InChI=1S/C8H15N5O2/c1-13-8(10-6-11-13)12-7(14)5-9-3-4-15-2/h6,9H,3-5H2,1-2H3,(H,10,11,12,14). The number of nitrogens with one attached hydrogen (secondary N) is 2. The van der Waals surface area contributed by atoms with Crippen LogP contribution in [0.25, 0.3) is 0 Å². The van der Waals surface area contributed by atoms with Gasteiger partial charge >= 0.3 is 0 Å². The highest BCUT2D eigenvalue weighted by atomic mass is 16.5. The molecule has 0 aliphatic rings. The number of rotatable bonds is 6. The number of aryl methyl sites for hydroxylation is 1. The molecule has 0 fully saturated rings. The fourth-order valence-electron chi connectivity index (χ4n) is 0.954. The van der Waals surface area contributed by atoms with Crippen molar-refractivity contribution in [2.24, 2.45) is 7.05 Å². The Hall–Kier alpha value is -1.47. The number of aromatic nitrogens is 3. The van der Waals surface area contributed by atoms with E-state index in [1.165, 1.54) is 11.0 Å². The maximum Gasteiger partial charge on any atom is 0.240 e. The summed E-state index contributed by atoms with van der Waals surface area (Å²) in [6.45, 7) is 1.45. The van der Waals surface area contributed by atoms with E-state index in [1.54, 1.807) is 14.2 Å². The summed E-state index contributed by atoms with van der Waals surface area (Å²) >= 11 is 0. The van der Waals surface area contributed by atoms with Crippen LogP contribution in [-0.4, -0.2) is 47.5 Å². The molecule has 0 aliphatic carbocycles. The number of carbonyl (C=O) groups excluding carboxylic acids is 1. The predicted molar refractivity (Wildman–Crippen MR) is 54.4 cm³/mol. The van der Waals surface area contributed by atoms with Gasteiger partial charge < -0.3 is 10.1 Å². The van der Waals surface area contributed by atoms with Crippen LogP contribution in [0.4, 0.5) is 5.95 Å². The zero-order chi connectivity index (χ0) is 11.1. The molecule has 1 heterocycles. The van der Waals surface area contributed by atoms with Crippen LogP contribution in [0.5, 0.6) is 0 Å². The van der Waals surface area contributed by atoms with Crippen molar-refractivity contribution in [3.8, 4) is 0 Å². The SMILES string of the molecule is COCCNCC(=O)Nc1ncnn1C. The van der Waals surface area contributed by atoms with Gasteiger partial charge in [0.05, 0.1) is 13.2 Å². The van der Waals surface area contributed by atoms with Gasteiger partial charge in [-0.15, -0.1) is 0 Å². The quantitative estimate of drug-likeness (QED) is 0.592. The summed E-state index contributed by atoms with van der Waals surface area (Å²) in [6.07, 6.45) is 1.38. The normalized spacial score (nSPS) is 10.3. The van der Waals surface area contributed by atoms with E-state index in [0.717, 1.165) is 0 Å². The minimum absolute atomic E-state index is 0.151. The van der Waals surface area contributed by atoms with Gasteiger partial charge in [-0.1, -0.05) is 0 Å². The van der Waals surface area contributed by atoms with Crippen LogP contribution in [0.3, 0.4) is 0 Å². The lowest BCUT2D eigenvalue weighted by Crippen LogP contribution is -2.31. The van der Waals surface area contributed by atoms with E-state index in [1.807, 2.05) is 0 Å². The second kappa shape index (κ2) is 6.10. The van der Waals surface area contributed by atoms with Crippen molar-refractivity contribution in [2.45, 2.75) is 0 Å². The van der Waals surface area contributed by atoms with Gasteiger partial charge in [-0.05, 0) is 0 Å². The maximum absolute atomic E-state index is 11.3. The molecule has 7 heteroatoms. The van der Waals surface area contributed by atoms with E-state index in [9.17, 15) is 4.79 Å². The molecule has 0 aromatic carbocycles. The van der Waals surface area contributed by atoms with Crippen molar-refractivity contribution in [3.05, 3.63) is 6.33 Å². The van der Waals surface area contributed by atoms with Crippen molar-refractivity contribution in [1.29, 1.82) is 0 Å². The molecule has 0 aliphatic heterocycles. The summed E-state index contributed by atoms with van der Waals surface area (Å²) < 4.78 is 6.32. The summed E-state index contributed by atoms with van der Waals surface area (Å²) in [5, 5.41) is 9.37. The Kier molecular flexibility index (Phi) is 4.72. The Balaban J connectivity index is 2.22. The molecule has 0 atom stereocenters. The lowest BCUT2D eigenvalue weighted by Gasteiger charge is -2.04. The molecule has 0 saturated carbocycles. The second-order valence-electron chi connectivity index (χ2n) is 2.93. The Bertz CT molecular complexity index is 312. The Morgan fingerprint density at radius 1 is 1.67 bits per heavy atom. The molecule has 15 heavy (non-hydrogen) atoms. The minimum Gasteiger partial charge on any atom is -0.383 e. The zero-order valence-electron chi connectivity index (χ0n) is 8.86. The Morgan fingerprint density at radius 3 is 3.07 bits per heavy atom. The van der Waals surface area contributed by atoms with E-state index in [4.69, 9.17) is 4.74 Å². The monoisotopic (exact) mass is 213 g/mol. The summed E-state index contributed by atoms with van der Waals surface area (Å²) in [5.74, 6) is 0.288. The van der Waals surface area contributed by atoms with Gasteiger partial charge in [0, 0.05) is 20.7 Å². The molecule has 1 amide bonds. The molecule has 0 unspecified atom stereocenters. The van der Waals surface area contributed by atoms with Crippen LogP contribution in [-0.2, 0) is 16.6 Å². The van der Waals surface area contributed by atoms with Crippen LogP contribution in [0.15, 0.2) is 6.33 Å². The van der Waals surface area contributed by atoms with Gasteiger partial charge in [-0.3, -0.25) is 10.1 Å². The van der Waals surface area contributed by atoms with Crippen molar-refractivity contribution in [2.75, 3.05) is 32.1 Å². The molecule has 0 saturated heterocycles. The average molecular weight is 213 g/mol. The van der Waals surface area contributed by atoms with Crippen LogP contribution < -0.4 is 10.6 Å². The molecular weight excluding hydrogens is 198 g/mol. The van der Waals surface area contributed by atoms with Gasteiger partial charge in [0.15, 0.2) is 0 Å². The molecule has 0 bridgehead atoms. The molecule has 1 aromatic rings. The van der Waals surface area contributed by atoms with Gasteiger partial charge in [0.2, 0.25) is 11.9 Å². The highest BCUT2D eigenvalue weighted by Crippen LogP contribution is 1.96. The average Bonchev–Trinajstić information content (AvgIpc) is 2.59. The van der Waals surface area contributed by atoms with Gasteiger partial charge in [-0.25, -0.2) is 4.68 Å². The van der Waals surface area contributed by atoms with E-state index in [-0.39, 0.29) is 12.5 Å². The van der Waals surface area contributed by atoms with Crippen LogP contribution in [0.1, 0.15) is 0 Å². The van der Waals surface area contributed by atoms with Gasteiger partial charge in [-0.2, -0.15) is 10.1 Å². The number of amides is 1. The highest BCUT2D eigenvalue weighted by molar-refractivity contribution is 5.90. The summed E-state index contributed by atoms with van der Waals surface area (Å²) in [7, 11) is 3.32. The molecule has 84 valence electrons. The third-order valence-corrected chi connectivity index (χ3v) is 1.73. The Labute approximate surface area is 87.8 Å². The molecule has 7 nitrogen and oxygen atoms in total. The second-order valence-corrected chi connectivity index (χ2v) is 2.93. The summed E-state index contributed by atoms with van der Waals surface area (Å²) in [6, 6.07) is 0. The van der Waals surface area contributed by atoms with E-state index in [2.05, 4.69) is 20.7 Å². The zero-order valence-corrected chi connectivity index (χ0v) is 8.86. The first-order valence-corrected chi connectivity index (χ1v) is 4.57. The lowest BCUT2D eigenvalue weighted by atomic mass is 10.5. The molecule has 0 spiro atoms. The molecule has 1 rings (SSSR count). The number of hydrogen-bond donors (Lipinski definition) is 2. The van der Waals surface area contributed by atoms with Crippen molar-refractivity contribution in [3.63, 3.8) is 0 Å². The first-order valence-electron chi connectivity index (χ1n) is 4.57. The number of hydrogen-bond acceptors (Lipinski definition) is 5. The van der Waals surface area contributed by atoms with Crippen LogP contribution in [0.2, 0.25) is 0 Å². The van der Waals surface area contributed by atoms with E-state index >= 15 is 0 Å². The smallest absolute Gasteiger partial charge is 0.240 e. The Morgan fingerprint density at radius 2 is 2.47 bits per heavy atom. The van der Waals surface area contributed by atoms with Crippen molar-refractivity contribution in [1.82, 2.24) is 20.1 Å². The lowest BCUT2D eigenvalue weighted by molar-refractivity contribution is -0.115. The van der Waals surface area contributed by atoms with Gasteiger partial charge in [0.1, 0.15) is 6.33 Å². The topological polar surface area (TPSA) is 81.1 Å². The van der Waals surface area contributed by atoms with Crippen LogP contribution in [0, 0.1) is 0 Å². The highest BCUT2D eigenvalue weighted by Gasteiger charge is 2.05. The summed E-state index contributed by atoms with van der Waals surface area (Å²) in [4.78, 5) is 15.2. The molecule has 1 aromatic heterocycles. The number of ether oxygens (including phenoxy) is 1. The van der Waals surface area contributed by atoms with Gasteiger partial charge in [0.25, 0.3) is 0 Å². The third-order valence-electron chi connectivity index (χ3n) is 1.73. The van der Waals surface area contributed by atoms with Crippen molar-refractivity contribution < 1.29 is 9.53 Å². The minimum atomic E-state index is -0.151. The number of nitrogens with zero attached hydrogens (tertiary/aromatic N) is 3. The van der Waals surface area contributed by atoms with Crippen molar-refractivity contribution >= 4 is 11.9 Å². The first kappa shape index (κ1) is 11.6. The van der Waals surface area contributed by atoms with Crippen LogP contribution >= 0.6 is 0 Å². The summed E-state index contributed by atoms with van der Waals surface area (Å²) in [5.41, 5.74) is 0. The van der Waals surface area contributed by atoms with E-state index in [0.29, 0.717) is 19.1 Å². The first-order chi connectivity index (χ1) is 7.24. The third kappa shape index (κ3) is 4.05. The fraction of sp³-hybridized carbons (Fsp3) is 0.625. The number of methoxy groups -OCH3 is 1. The molecule has 0 radical (unpaired) electrons. The number of anilines is 1. The fourth-order valence-corrected chi connectivity index (χ4v) is 0.954. The molecule has 2 N–H and O–H groups in total.